The molecule has 1 N–H and O–H groups in total. The summed E-state index contributed by atoms with van der Waals surface area (Å²) < 4.78 is 5.07. The van der Waals surface area contributed by atoms with E-state index in [-0.39, 0.29) is 0 Å². The van der Waals surface area contributed by atoms with Crippen molar-refractivity contribution in [3.63, 3.8) is 0 Å². The lowest BCUT2D eigenvalue weighted by atomic mass is 9.97. The summed E-state index contributed by atoms with van der Waals surface area (Å²) in [5.41, 5.74) is 0.404. The van der Waals surface area contributed by atoms with Gasteiger partial charge in [0.05, 0.1) is 0 Å². The fourth-order valence-electron chi connectivity index (χ4n) is 1.50. The Kier molecular flexibility index (Phi) is 8.07. The molecule has 1 atom stereocenters. The molecular weight excluding hydrogens is 186 g/mol. The second kappa shape index (κ2) is 8.12. The zero-order valence-electron chi connectivity index (χ0n) is 11.2. The lowest BCUT2D eigenvalue weighted by Crippen LogP contribution is -2.27. The summed E-state index contributed by atoms with van der Waals surface area (Å²) in [5.74, 6) is 0.793. The van der Waals surface area contributed by atoms with Crippen LogP contribution in [-0.4, -0.2) is 26.8 Å². The third-order valence-electron chi connectivity index (χ3n) is 2.52. The summed E-state index contributed by atoms with van der Waals surface area (Å²) in [4.78, 5) is 0. The molecule has 0 unspecified atom stereocenters. The molecule has 15 heavy (non-hydrogen) atoms. The van der Waals surface area contributed by atoms with Crippen molar-refractivity contribution < 1.29 is 4.74 Å². The predicted molar refractivity (Wildman–Crippen MR) is 67.2 cm³/mol. The third kappa shape index (κ3) is 11.8. The Hall–Kier alpha value is -0.0800. The second-order valence-corrected chi connectivity index (χ2v) is 5.77. The van der Waals surface area contributed by atoms with Gasteiger partial charge in [0.1, 0.15) is 0 Å². The summed E-state index contributed by atoms with van der Waals surface area (Å²) in [5, 5.41) is 3.51. The van der Waals surface area contributed by atoms with Crippen LogP contribution in [0.2, 0.25) is 0 Å². The monoisotopic (exact) mass is 215 g/mol. The number of hydrogen-bond donors (Lipinski definition) is 1. The normalized spacial score (nSPS) is 14.2. The zero-order chi connectivity index (χ0) is 11.7. The van der Waals surface area contributed by atoms with Crippen molar-refractivity contribution in [3.8, 4) is 0 Å². The van der Waals surface area contributed by atoms with Gasteiger partial charge in [-0.2, -0.15) is 0 Å². The predicted octanol–water partition coefficient (Wildman–Crippen LogP) is 3.07. The summed E-state index contributed by atoms with van der Waals surface area (Å²) >= 11 is 0. The largest absolute Gasteiger partial charge is 0.385 e. The fourth-order valence-corrected chi connectivity index (χ4v) is 1.50. The van der Waals surface area contributed by atoms with E-state index in [0.29, 0.717) is 5.41 Å². The molecule has 0 rings (SSSR count). The van der Waals surface area contributed by atoms with Gasteiger partial charge < -0.3 is 10.1 Å². The number of nitrogens with one attached hydrogen (secondary N) is 1. The topological polar surface area (TPSA) is 21.3 Å². The van der Waals surface area contributed by atoms with Gasteiger partial charge in [0.25, 0.3) is 0 Å². The Morgan fingerprint density at radius 2 is 1.87 bits per heavy atom. The lowest BCUT2D eigenvalue weighted by Gasteiger charge is -2.19. The molecule has 0 aromatic heterocycles. The van der Waals surface area contributed by atoms with Crippen molar-refractivity contribution in [2.45, 2.75) is 47.0 Å². The molecule has 0 saturated heterocycles. The van der Waals surface area contributed by atoms with E-state index in [1.807, 2.05) is 0 Å². The standard InChI is InChI=1S/C13H29NO/c1-12(8-10-15-5)7-6-9-14-11-13(2,3)4/h12,14H,6-11H2,1-5H3/t12-/m0/s1. The molecule has 0 fully saturated rings. The molecule has 0 aliphatic carbocycles. The van der Waals surface area contributed by atoms with Gasteiger partial charge in [0.2, 0.25) is 0 Å². The van der Waals surface area contributed by atoms with E-state index in [0.717, 1.165) is 25.6 Å². The molecule has 0 amide bonds. The summed E-state index contributed by atoms with van der Waals surface area (Å²) in [6.07, 6.45) is 3.78. The van der Waals surface area contributed by atoms with E-state index < -0.39 is 0 Å². The van der Waals surface area contributed by atoms with Crippen LogP contribution in [0.1, 0.15) is 47.0 Å². The van der Waals surface area contributed by atoms with Gasteiger partial charge in [0, 0.05) is 13.7 Å². The van der Waals surface area contributed by atoms with Gasteiger partial charge in [-0.25, -0.2) is 0 Å². The Morgan fingerprint density at radius 1 is 1.20 bits per heavy atom. The van der Waals surface area contributed by atoms with Crippen LogP contribution in [-0.2, 0) is 4.74 Å². The van der Waals surface area contributed by atoms with Crippen molar-refractivity contribution in [2.24, 2.45) is 11.3 Å². The van der Waals surface area contributed by atoms with Crippen molar-refractivity contribution in [3.05, 3.63) is 0 Å². The fraction of sp³-hybridized carbons (Fsp3) is 1.00. The zero-order valence-corrected chi connectivity index (χ0v) is 11.2. The first-order valence-electron chi connectivity index (χ1n) is 6.15. The molecule has 0 bridgehead atoms. The average Bonchev–Trinajstić information content (AvgIpc) is 2.12. The molecule has 0 aliphatic rings. The SMILES string of the molecule is COCC[C@@H](C)CCCNCC(C)(C)C. The minimum absolute atomic E-state index is 0.404. The van der Waals surface area contributed by atoms with Crippen molar-refractivity contribution >= 4 is 0 Å². The van der Waals surface area contributed by atoms with Crippen molar-refractivity contribution in [1.82, 2.24) is 5.32 Å². The smallest absolute Gasteiger partial charge is 0.0464 e. The minimum atomic E-state index is 0.404. The van der Waals surface area contributed by atoms with Gasteiger partial charge in [-0.05, 0) is 43.7 Å². The second-order valence-electron chi connectivity index (χ2n) is 5.77. The van der Waals surface area contributed by atoms with E-state index in [2.05, 4.69) is 33.0 Å². The van der Waals surface area contributed by atoms with Crippen LogP contribution in [0.5, 0.6) is 0 Å². The highest BCUT2D eigenvalue weighted by atomic mass is 16.5. The van der Waals surface area contributed by atoms with Gasteiger partial charge in [-0.1, -0.05) is 27.7 Å². The van der Waals surface area contributed by atoms with Gasteiger partial charge >= 0.3 is 0 Å². The highest BCUT2D eigenvalue weighted by Crippen LogP contribution is 2.11. The lowest BCUT2D eigenvalue weighted by molar-refractivity contribution is 0.178. The Labute approximate surface area is 95.8 Å². The Balaban J connectivity index is 3.23. The maximum atomic E-state index is 5.07. The Bertz CT molecular complexity index is 140. The van der Waals surface area contributed by atoms with Crippen LogP contribution in [0.3, 0.4) is 0 Å². The highest BCUT2D eigenvalue weighted by Gasteiger charge is 2.08. The van der Waals surface area contributed by atoms with E-state index >= 15 is 0 Å². The molecule has 0 aliphatic heterocycles. The first-order valence-corrected chi connectivity index (χ1v) is 6.15. The van der Waals surface area contributed by atoms with Gasteiger partial charge in [-0.15, -0.1) is 0 Å². The quantitative estimate of drug-likeness (QED) is 0.628. The van der Waals surface area contributed by atoms with Gasteiger partial charge in [-0.3, -0.25) is 0 Å². The average molecular weight is 215 g/mol. The number of methoxy groups -OCH3 is 1. The molecule has 0 spiro atoms. The maximum absolute atomic E-state index is 5.07. The van der Waals surface area contributed by atoms with Gasteiger partial charge in [0.15, 0.2) is 0 Å². The van der Waals surface area contributed by atoms with Crippen LogP contribution >= 0.6 is 0 Å². The minimum Gasteiger partial charge on any atom is -0.385 e. The van der Waals surface area contributed by atoms with Crippen LogP contribution in [0.15, 0.2) is 0 Å². The first kappa shape index (κ1) is 14.9. The summed E-state index contributed by atoms with van der Waals surface area (Å²) in [6.45, 7) is 12.3. The van der Waals surface area contributed by atoms with E-state index in [1.165, 1.54) is 19.3 Å². The van der Waals surface area contributed by atoms with Crippen LogP contribution in [0, 0.1) is 11.3 Å². The molecule has 0 saturated carbocycles. The van der Waals surface area contributed by atoms with Crippen LogP contribution in [0.4, 0.5) is 0 Å². The van der Waals surface area contributed by atoms with Crippen LogP contribution < -0.4 is 5.32 Å². The molecule has 0 aromatic carbocycles. The number of hydrogen-bond acceptors (Lipinski definition) is 2. The molecule has 2 heteroatoms. The van der Waals surface area contributed by atoms with E-state index in [9.17, 15) is 0 Å². The van der Waals surface area contributed by atoms with E-state index in [4.69, 9.17) is 4.74 Å². The maximum Gasteiger partial charge on any atom is 0.0464 e. The van der Waals surface area contributed by atoms with Crippen LogP contribution in [0.25, 0.3) is 0 Å². The van der Waals surface area contributed by atoms with E-state index in [1.54, 1.807) is 7.11 Å². The van der Waals surface area contributed by atoms with Crippen molar-refractivity contribution in [2.75, 3.05) is 26.8 Å². The Morgan fingerprint density at radius 3 is 2.40 bits per heavy atom. The molecule has 0 radical (unpaired) electrons. The van der Waals surface area contributed by atoms with Crippen molar-refractivity contribution in [1.29, 1.82) is 0 Å². The number of rotatable bonds is 8. The molecule has 0 heterocycles. The summed E-state index contributed by atoms with van der Waals surface area (Å²) in [6, 6.07) is 0. The molecule has 92 valence electrons. The molecular formula is C13H29NO. The first-order chi connectivity index (χ1) is 6.95. The molecule has 0 aromatic rings. The third-order valence-corrected chi connectivity index (χ3v) is 2.52. The summed E-state index contributed by atoms with van der Waals surface area (Å²) in [7, 11) is 1.78. The highest BCUT2D eigenvalue weighted by molar-refractivity contribution is 4.65. The number of ether oxygens (including phenoxy) is 1. The molecule has 2 nitrogen and oxygen atoms in total.